The molecule has 0 bridgehead atoms. The Labute approximate surface area is 106 Å². The number of para-hydroxylation sites is 1. The molecule has 0 aliphatic heterocycles. The van der Waals surface area contributed by atoms with Crippen LogP contribution in [0.4, 0.5) is 0 Å². The predicted octanol–water partition coefficient (Wildman–Crippen LogP) is 1.60. The van der Waals surface area contributed by atoms with Crippen molar-refractivity contribution < 1.29 is 19.4 Å². The van der Waals surface area contributed by atoms with Crippen molar-refractivity contribution in [3.63, 3.8) is 0 Å². The van der Waals surface area contributed by atoms with E-state index < -0.39 is 5.97 Å². The highest BCUT2D eigenvalue weighted by Crippen LogP contribution is 2.23. The fraction of sp³-hybridized carbons (Fsp3) is 0.385. The van der Waals surface area contributed by atoms with Crippen LogP contribution < -0.4 is 10.1 Å². The van der Waals surface area contributed by atoms with Crippen LogP contribution in [0, 0.1) is 6.92 Å². The van der Waals surface area contributed by atoms with Gasteiger partial charge in [-0.3, -0.25) is 4.79 Å². The molecule has 0 aliphatic rings. The molecule has 0 saturated carbocycles. The molecule has 0 unspecified atom stereocenters. The van der Waals surface area contributed by atoms with E-state index in [9.17, 15) is 9.59 Å². The molecule has 0 spiro atoms. The molecule has 1 aromatic rings. The lowest BCUT2D eigenvalue weighted by Crippen LogP contribution is -2.29. The van der Waals surface area contributed by atoms with Crippen molar-refractivity contribution in [1.82, 2.24) is 5.32 Å². The van der Waals surface area contributed by atoms with Crippen LogP contribution >= 0.6 is 0 Å². The Balaban J connectivity index is 2.72. The molecule has 5 heteroatoms. The summed E-state index contributed by atoms with van der Waals surface area (Å²) in [6.45, 7) is 4.10. The van der Waals surface area contributed by atoms with Crippen LogP contribution in [0.5, 0.6) is 5.75 Å². The van der Waals surface area contributed by atoms with E-state index in [4.69, 9.17) is 9.84 Å². The van der Waals surface area contributed by atoms with Crippen molar-refractivity contribution >= 4 is 11.9 Å². The largest absolute Gasteiger partial charge is 0.483 e. The highest BCUT2D eigenvalue weighted by atomic mass is 16.5. The molecule has 0 atom stereocenters. The van der Waals surface area contributed by atoms with E-state index in [-0.39, 0.29) is 23.8 Å². The number of rotatable bonds is 6. The van der Waals surface area contributed by atoms with Gasteiger partial charge in [0.25, 0.3) is 5.91 Å². The van der Waals surface area contributed by atoms with E-state index in [1.807, 2.05) is 6.92 Å². The maximum Gasteiger partial charge on any atom is 0.339 e. The van der Waals surface area contributed by atoms with Crippen molar-refractivity contribution in [1.29, 1.82) is 0 Å². The zero-order valence-electron chi connectivity index (χ0n) is 10.5. The standard InChI is InChI=1S/C13H17NO4/c1-3-7-14-11(15)8-18-12-9(2)5-4-6-10(12)13(16)17/h4-6H,3,7-8H2,1-2H3,(H,14,15)(H,16,17). The second-order valence-corrected chi connectivity index (χ2v) is 3.90. The first-order chi connectivity index (χ1) is 8.56. The smallest absolute Gasteiger partial charge is 0.339 e. The number of hydrogen-bond acceptors (Lipinski definition) is 3. The van der Waals surface area contributed by atoms with Gasteiger partial charge in [-0.1, -0.05) is 19.1 Å². The van der Waals surface area contributed by atoms with Gasteiger partial charge in [0.05, 0.1) is 0 Å². The Kier molecular flexibility index (Phi) is 5.17. The summed E-state index contributed by atoms with van der Waals surface area (Å²) in [5.74, 6) is -1.07. The van der Waals surface area contributed by atoms with Gasteiger partial charge < -0.3 is 15.2 Å². The SMILES string of the molecule is CCCNC(=O)COc1c(C)cccc1C(=O)O. The molecule has 1 rings (SSSR count). The highest BCUT2D eigenvalue weighted by molar-refractivity contribution is 5.91. The van der Waals surface area contributed by atoms with Crippen LogP contribution in [0.3, 0.4) is 0 Å². The quantitative estimate of drug-likeness (QED) is 0.805. The fourth-order valence-corrected chi connectivity index (χ4v) is 1.47. The molecule has 1 amide bonds. The Morgan fingerprint density at radius 2 is 2.11 bits per heavy atom. The number of ether oxygens (including phenoxy) is 1. The van der Waals surface area contributed by atoms with Gasteiger partial charge in [0, 0.05) is 6.54 Å². The number of aromatic carboxylic acids is 1. The molecule has 5 nitrogen and oxygen atoms in total. The third-order valence-corrected chi connectivity index (χ3v) is 2.36. The normalized spacial score (nSPS) is 9.89. The first-order valence-corrected chi connectivity index (χ1v) is 5.78. The van der Waals surface area contributed by atoms with Gasteiger partial charge >= 0.3 is 5.97 Å². The molecule has 2 N–H and O–H groups in total. The van der Waals surface area contributed by atoms with Gasteiger partial charge in [-0.05, 0) is 25.0 Å². The van der Waals surface area contributed by atoms with Crippen LogP contribution in [-0.4, -0.2) is 30.1 Å². The van der Waals surface area contributed by atoms with Crippen LogP contribution in [-0.2, 0) is 4.79 Å². The first-order valence-electron chi connectivity index (χ1n) is 5.78. The lowest BCUT2D eigenvalue weighted by atomic mass is 10.1. The summed E-state index contributed by atoms with van der Waals surface area (Å²) in [5, 5.41) is 11.7. The third kappa shape index (κ3) is 3.76. The number of carboxylic acid groups (broad SMARTS) is 1. The average molecular weight is 251 g/mol. The molecule has 0 heterocycles. The van der Waals surface area contributed by atoms with Crippen LogP contribution in [0.2, 0.25) is 0 Å². The molecular weight excluding hydrogens is 234 g/mol. The van der Waals surface area contributed by atoms with Gasteiger partial charge in [0.1, 0.15) is 11.3 Å². The number of carbonyl (C=O) groups excluding carboxylic acids is 1. The van der Waals surface area contributed by atoms with Crippen molar-refractivity contribution in [3.8, 4) is 5.75 Å². The summed E-state index contributed by atoms with van der Waals surface area (Å²) >= 11 is 0. The summed E-state index contributed by atoms with van der Waals surface area (Å²) in [6, 6.07) is 4.84. The van der Waals surface area contributed by atoms with E-state index in [0.717, 1.165) is 6.42 Å². The topological polar surface area (TPSA) is 75.6 Å². The van der Waals surface area contributed by atoms with E-state index in [1.165, 1.54) is 6.07 Å². The number of nitrogens with one attached hydrogen (secondary N) is 1. The van der Waals surface area contributed by atoms with Gasteiger partial charge in [-0.25, -0.2) is 4.79 Å². The summed E-state index contributed by atoms with van der Waals surface area (Å²) in [4.78, 5) is 22.4. The zero-order chi connectivity index (χ0) is 13.5. The van der Waals surface area contributed by atoms with Gasteiger partial charge in [-0.15, -0.1) is 0 Å². The summed E-state index contributed by atoms with van der Waals surface area (Å²) in [5.41, 5.74) is 0.761. The summed E-state index contributed by atoms with van der Waals surface area (Å²) in [6.07, 6.45) is 0.844. The predicted molar refractivity (Wildman–Crippen MR) is 66.9 cm³/mol. The molecule has 0 radical (unpaired) electrons. The fourth-order valence-electron chi connectivity index (χ4n) is 1.47. The molecule has 0 fully saturated rings. The number of hydrogen-bond donors (Lipinski definition) is 2. The minimum atomic E-state index is -1.07. The molecule has 0 aliphatic carbocycles. The minimum Gasteiger partial charge on any atom is -0.483 e. The minimum absolute atomic E-state index is 0.0679. The molecule has 0 aromatic heterocycles. The lowest BCUT2D eigenvalue weighted by Gasteiger charge is -2.11. The Hall–Kier alpha value is -2.04. The number of aryl methyl sites for hydroxylation is 1. The van der Waals surface area contributed by atoms with E-state index in [1.54, 1.807) is 19.1 Å². The first kappa shape index (κ1) is 14.0. The Morgan fingerprint density at radius 3 is 2.72 bits per heavy atom. The Morgan fingerprint density at radius 1 is 1.39 bits per heavy atom. The van der Waals surface area contributed by atoms with Gasteiger partial charge in [-0.2, -0.15) is 0 Å². The van der Waals surface area contributed by atoms with E-state index in [0.29, 0.717) is 12.1 Å². The number of carbonyl (C=O) groups is 2. The maximum atomic E-state index is 11.4. The second-order valence-electron chi connectivity index (χ2n) is 3.90. The van der Waals surface area contributed by atoms with Crippen molar-refractivity contribution in [3.05, 3.63) is 29.3 Å². The highest BCUT2D eigenvalue weighted by Gasteiger charge is 2.14. The van der Waals surface area contributed by atoms with Crippen molar-refractivity contribution in [2.45, 2.75) is 20.3 Å². The summed E-state index contributed by atoms with van der Waals surface area (Å²) in [7, 11) is 0. The van der Waals surface area contributed by atoms with Crippen LogP contribution in [0.25, 0.3) is 0 Å². The molecular formula is C13H17NO4. The number of carboxylic acids is 1. The summed E-state index contributed by atoms with van der Waals surface area (Å²) < 4.78 is 5.30. The van der Waals surface area contributed by atoms with Crippen LogP contribution in [0.15, 0.2) is 18.2 Å². The third-order valence-electron chi connectivity index (χ3n) is 2.36. The molecule has 18 heavy (non-hydrogen) atoms. The van der Waals surface area contributed by atoms with Gasteiger partial charge in [0.2, 0.25) is 0 Å². The second kappa shape index (κ2) is 6.64. The van der Waals surface area contributed by atoms with E-state index in [2.05, 4.69) is 5.32 Å². The molecule has 0 saturated heterocycles. The van der Waals surface area contributed by atoms with Crippen molar-refractivity contribution in [2.24, 2.45) is 0 Å². The number of benzene rings is 1. The molecule has 98 valence electrons. The lowest BCUT2D eigenvalue weighted by molar-refractivity contribution is -0.123. The zero-order valence-corrected chi connectivity index (χ0v) is 10.5. The maximum absolute atomic E-state index is 11.4. The Bertz CT molecular complexity index is 443. The monoisotopic (exact) mass is 251 g/mol. The molecule has 1 aromatic carbocycles. The van der Waals surface area contributed by atoms with Gasteiger partial charge in [0.15, 0.2) is 6.61 Å². The van der Waals surface area contributed by atoms with E-state index >= 15 is 0 Å². The van der Waals surface area contributed by atoms with Crippen LogP contribution in [0.1, 0.15) is 29.3 Å². The average Bonchev–Trinajstić information content (AvgIpc) is 2.34. The number of amides is 1. The van der Waals surface area contributed by atoms with Crippen molar-refractivity contribution in [2.75, 3.05) is 13.2 Å².